The Morgan fingerprint density at radius 3 is 2.57 bits per heavy atom. The summed E-state index contributed by atoms with van der Waals surface area (Å²) in [5.74, 6) is -0.682. The highest BCUT2D eigenvalue weighted by Crippen LogP contribution is 2.41. The number of carboxylic acid groups (broad SMARTS) is 1. The second-order valence-corrected chi connectivity index (χ2v) is 7.49. The smallest absolute Gasteiger partial charge is 0.307 e. The van der Waals surface area contributed by atoms with Gasteiger partial charge in [-0.2, -0.15) is 0 Å². The number of carboxylic acids is 1. The highest BCUT2D eigenvalue weighted by molar-refractivity contribution is 6.12. The van der Waals surface area contributed by atoms with Crippen LogP contribution in [0.25, 0.3) is 11.1 Å². The Kier molecular flexibility index (Phi) is 4.58. The topological polar surface area (TPSA) is 105 Å². The monoisotopic (exact) mass is 379 g/mol. The van der Waals surface area contributed by atoms with Crippen LogP contribution in [-0.4, -0.2) is 27.1 Å². The van der Waals surface area contributed by atoms with E-state index in [-0.39, 0.29) is 18.2 Å². The van der Waals surface area contributed by atoms with Crippen LogP contribution in [0.4, 0.5) is 5.69 Å². The zero-order valence-corrected chi connectivity index (χ0v) is 15.7. The fourth-order valence-electron chi connectivity index (χ4n) is 3.23. The van der Waals surface area contributed by atoms with Gasteiger partial charge in [0.25, 0.3) is 11.6 Å². The minimum atomic E-state index is -0.891. The van der Waals surface area contributed by atoms with Crippen molar-refractivity contribution in [2.45, 2.75) is 44.9 Å². The maximum atomic E-state index is 13.1. The first-order valence-corrected chi connectivity index (χ1v) is 9.34. The van der Waals surface area contributed by atoms with Crippen molar-refractivity contribution in [3.05, 3.63) is 52.8 Å². The van der Waals surface area contributed by atoms with Crippen LogP contribution in [0.2, 0.25) is 0 Å². The van der Waals surface area contributed by atoms with E-state index in [1.54, 1.807) is 24.3 Å². The van der Waals surface area contributed by atoms with Gasteiger partial charge in [0.15, 0.2) is 0 Å². The highest BCUT2D eigenvalue weighted by Gasteiger charge is 2.29. The SMILES string of the molecule is CC(C)c1noc2nc(C3CC3)cc(C(=O)Nc3ccc(CC(=O)O)cc3)c12. The molecule has 0 radical (unpaired) electrons. The number of nitrogens with zero attached hydrogens (tertiary/aromatic N) is 2. The third-order valence-corrected chi connectivity index (χ3v) is 4.85. The van der Waals surface area contributed by atoms with Crippen LogP contribution in [-0.2, 0) is 11.2 Å². The number of nitrogens with one attached hydrogen (secondary N) is 1. The van der Waals surface area contributed by atoms with Crippen molar-refractivity contribution >= 4 is 28.7 Å². The van der Waals surface area contributed by atoms with E-state index < -0.39 is 5.97 Å². The molecule has 2 N–H and O–H groups in total. The van der Waals surface area contributed by atoms with Gasteiger partial charge in [0.2, 0.25) is 0 Å². The summed E-state index contributed by atoms with van der Waals surface area (Å²) < 4.78 is 5.43. The van der Waals surface area contributed by atoms with Crippen LogP contribution >= 0.6 is 0 Å². The first kappa shape index (κ1) is 18.2. The quantitative estimate of drug-likeness (QED) is 0.668. The molecule has 144 valence electrons. The van der Waals surface area contributed by atoms with Crippen molar-refractivity contribution in [3.63, 3.8) is 0 Å². The molecule has 4 rings (SSSR count). The maximum Gasteiger partial charge on any atom is 0.307 e. The van der Waals surface area contributed by atoms with Gasteiger partial charge in [-0.15, -0.1) is 0 Å². The Balaban J connectivity index is 1.67. The molecule has 1 aliphatic carbocycles. The van der Waals surface area contributed by atoms with E-state index in [9.17, 15) is 9.59 Å². The van der Waals surface area contributed by atoms with Gasteiger partial charge in [-0.3, -0.25) is 9.59 Å². The van der Waals surface area contributed by atoms with Gasteiger partial charge in [0.1, 0.15) is 0 Å². The highest BCUT2D eigenvalue weighted by atomic mass is 16.5. The van der Waals surface area contributed by atoms with Crippen molar-refractivity contribution < 1.29 is 19.2 Å². The van der Waals surface area contributed by atoms with E-state index in [4.69, 9.17) is 9.63 Å². The van der Waals surface area contributed by atoms with E-state index >= 15 is 0 Å². The third kappa shape index (κ3) is 3.60. The van der Waals surface area contributed by atoms with Gasteiger partial charge < -0.3 is 14.9 Å². The molecule has 7 nitrogen and oxygen atoms in total. The molecule has 0 spiro atoms. The molecule has 2 aromatic heterocycles. The number of benzene rings is 1. The molecule has 0 atom stereocenters. The molecule has 1 aromatic carbocycles. The normalized spacial score (nSPS) is 13.8. The van der Waals surface area contributed by atoms with Gasteiger partial charge in [-0.05, 0) is 42.5 Å². The van der Waals surface area contributed by atoms with Gasteiger partial charge in [0.05, 0.1) is 23.1 Å². The van der Waals surface area contributed by atoms with Crippen LogP contribution in [0.3, 0.4) is 0 Å². The van der Waals surface area contributed by atoms with Crippen molar-refractivity contribution in [1.82, 2.24) is 10.1 Å². The average molecular weight is 379 g/mol. The van der Waals surface area contributed by atoms with Gasteiger partial charge in [-0.25, -0.2) is 4.98 Å². The Hall–Kier alpha value is -3.22. The van der Waals surface area contributed by atoms with Crippen LogP contribution < -0.4 is 5.32 Å². The number of anilines is 1. The molecule has 3 aromatic rings. The summed E-state index contributed by atoms with van der Waals surface area (Å²) in [6.45, 7) is 3.99. The fraction of sp³-hybridized carbons (Fsp3) is 0.333. The Morgan fingerprint density at radius 2 is 1.96 bits per heavy atom. The van der Waals surface area contributed by atoms with E-state index in [1.807, 2.05) is 19.9 Å². The molecule has 2 heterocycles. The van der Waals surface area contributed by atoms with Crippen LogP contribution in [0.1, 0.15) is 65.8 Å². The third-order valence-electron chi connectivity index (χ3n) is 4.85. The lowest BCUT2D eigenvalue weighted by Crippen LogP contribution is -2.14. The Bertz CT molecular complexity index is 1050. The summed E-state index contributed by atoms with van der Waals surface area (Å²) in [6, 6.07) is 8.64. The summed E-state index contributed by atoms with van der Waals surface area (Å²) in [7, 11) is 0. The van der Waals surface area contributed by atoms with E-state index in [2.05, 4.69) is 15.5 Å². The van der Waals surface area contributed by atoms with Gasteiger partial charge in [-0.1, -0.05) is 31.1 Å². The zero-order chi connectivity index (χ0) is 19.8. The number of pyridine rings is 1. The predicted molar refractivity (Wildman–Crippen MR) is 104 cm³/mol. The lowest BCUT2D eigenvalue weighted by Gasteiger charge is -2.10. The first-order chi connectivity index (χ1) is 13.4. The summed E-state index contributed by atoms with van der Waals surface area (Å²) in [5.41, 5.74) is 3.75. The molecule has 1 fully saturated rings. The molecular weight excluding hydrogens is 358 g/mol. The molecular formula is C21H21N3O4. The molecule has 0 aliphatic heterocycles. The molecule has 7 heteroatoms. The minimum absolute atomic E-state index is 0.0532. The van der Waals surface area contributed by atoms with Crippen molar-refractivity contribution in [1.29, 1.82) is 0 Å². The number of carbonyl (C=O) groups is 2. The fourth-order valence-corrected chi connectivity index (χ4v) is 3.23. The number of carbonyl (C=O) groups excluding carboxylic acids is 1. The second-order valence-electron chi connectivity index (χ2n) is 7.49. The summed E-state index contributed by atoms with van der Waals surface area (Å²) >= 11 is 0. The van der Waals surface area contributed by atoms with Crippen molar-refractivity contribution in [2.24, 2.45) is 0 Å². The summed E-state index contributed by atoms with van der Waals surface area (Å²) in [4.78, 5) is 28.4. The maximum absolute atomic E-state index is 13.1. The lowest BCUT2D eigenvalue weighted by atomic mass is 10.0. The lowest BCUT2D eigenvalue weighted by molar-refractivity contribution is -0.136. The molecule has 1 saturated carbocycles. The van der Waals surface area contributed by atoms with Crippen LogP contribution in [0.15, 0.2) is 34.9 Å². The largest absolute Gasteiger partial charge is 0.481 e. The molecule has 1 aliphatic rings. The zero-order valence-electron chi connectivity index (χ0n) is 15.7. The molecule has 1 amide bonds. The predicted octanol–water partition coefficient (Wildman–Crippen LogP) is 4.10. The number of amides is 1. The molecule has 0 saturated heterocycles. The molecule has 0 bridgehead atoms. The average Bonchev–Trinajstić information content (AvgIpc) is 3.41. The summed E-state index contributed by atoms with van der Waals surface area (Å²) in [5, 5.41) is 16.5. The van der Waals surface area contributed by atoms with E-state index in [1.165, 1.54) is 0 Å². The van der Waals surface area contributed by atoms with E-state index in [0.717, 1.165) is 18.5 Å². The van der Waals surface area contributed by atoms with Crippen LogP contribution in [0, 0.1) is 0 Å². The van der Waals surface area contributed by atoms with E-state index in [0.29, 0.717) is 39.5 Å². The molecule has 28 heavy (non-hydrogen) atoms. The first-order valence-electron chi connectivity index (χ1n) is 9.34. The Morgan fingerprint density at radius 1 is 1.25 bits per heavy atom. The molecule has 0 unspecified atom stereocenters. The number of aliphatic carboxylic acids is 1. The number of hydrogen-bond donors (Lipinski definition) is 2. The Labute approximate surface area is 161 Å². The van der Waals surface area contributed by atoms with Crippen LogP contribution in [0.5, 0.6) is 0 Å². The number of rotatable bonds is 6. The van der Waals surface area contributed by atoms with Crippen molar-refractivity contribution in [3.8, 4) is 0 Å². The second kappa shape index (κ2) is 7.07. The number of aromatic nitrogens is 2. The minimum Gasteiger partial charge on any atom is -0.481 e. The summed E-state index contributed by atoms with van der Waals surface area (Å²) in [6.07, 6.45) is 2.08. The standard InChI is InChI=1S/C21H21N3O4/c1-11(2)19-18-15(10-16(13-5-6-13)23-21(18)28-24-19)20(27)22-14-7-3-12(4-8-14)9-17(25)26/h3-4,7-8,10-11,13H,5-6,9H2,1-2H3,(H,22,27)(H,25,26). The van der Waals surface area contributed by atoms with Gasteiger partial charge >= 0.3 is 5.97 Å². The number of fused-ring (bicyclic) bond motifs is 1. The van der Waals surface area contributed by atoms with Crippen molar-refractivity contribution in [2.75, 3.05) is 5.32 Å². The van der Waals surface area contributed by atoms with Gasteiger partial charge in [0, 0.05) is 17.3 Å². The number of hydrogen-bond acceptors (Lipinski definition) is 5.